The first-order valence-electron chi connectivity index (χ1n) is 7.89. The Labute approximate surface area is 142 Å². The number of hydrogen-bond acceptors (Lipinski definition) is 2. The van der Waals surface area contributed by atoms with Crippen molar-refractivity contribution in [2.45, 2.75) is 31.7 Å². The smallest absolute Gasteiger partial charge is 0.242 e. The molecule has 0 aliphatic rings. The van der Waals surface area contributed by atoms with Crippen LogP contribution in [-0.4, -0.2) is 12.5 Å². The number of unbranched alkanes of at least 4 members (excludes halogenated alkanes) is 1. The van der Waals surface area contributed by atoms with E-state index >= 15 is 0 Å². The van der Waals surface area contributed by atoms with Crippen LogP contribution in [0.3, 0.4) is 0 Å². The van der Waals surface area contributed by atoms with Crippen molar-refractivity contribution in [3.05, 3.63) is 65.7 Å². The number of alkyl halides is 1. The molecule has 0 radical (unpaired) electrons. The first kappa shape index (κ1) is 17.4. The molecular weight excluding hydrogens is 310 g/mol. The molecule has 0 bridgehead atoms. The van der Waals surface area contributed by atoms with E-state index in [0.29, 0.717) is 13.2 Å². The topological polar surface area (TPSA) is 38.3 Å². The van der Waals surface area contributed by atoms with Gasteiger partial charge in [-0.2, -0.15) is 0 Å². The van der Waals surface area contributed by atoms with Gasteiger partial charge in [-0.05, 0) is 29.7 Å². The fraction of sp³-hybridized carbons (Fsp3) is 0.316. The second kappa shape index (κ2) is 9.21. The van der Waals surface area contributed by atoms with Gasteiger partial charge in [0.05, 0.1) is 6.61 Å². The quantitative estimate of drug-likeness (QED) is 0.573. The zero-order chi connectivity index (χ0) is 16.5. The summed E-state index contributed by atoms with van der Waals surface area (Å²) in [5, 5.41) is 2.18. The Bertz CT molecular complexity index is 616. The molecule has 23 heavy (non-hydrogen) atoms. The van der Waals surface area contributed by atoms with Gasteiger partial charge in [0.2, 0.25) is 5.91 Å². The highest BCUT2D eigenvalue weighted by Gasteiger charge is 2.16. The largest absolute Gasteiger partial charge is 0.494 e. The van der Waals surface area contributed by atoms with Crippen LogP contribution in [0.15, 0.2) is 54.6 Å². The van der Waals surface area contributed by atoms with Crippen LogP contribution in [0.1, 0.15) is 36.3 Å². The molecule has 1 unspecified atom stereocenters. The predicted molar refractivity (Wildman–Crippen MR) is 93.7 cm³/mol. The lowest BCUT2D eigenvalue weighted by atomic mass is 10.1. The average molecular weight is 332 g/mol. The molecule has 122 valence electrons. The minimum atomic E-state index is -0.680. The minimum absolute atomic E-state index is 0.199. The number of benzene rings is 2. The monoisotopic (exact) mass is 331 g/mol. The second-order valence-corrected chi connectivity index (χ2v) is 5.78. The Morgan fingerprint density at radius 2 is 1.96 bits per heavy atom. The molecule has 0 saturated carbocycles. The predicted octanol–water partition coefficient (Wildman–Crippen LogP) is 4.46. The van der Waals surface area contributed by atoms with Crippen LogP contribution in [0.4, 0.5) is 0 Å². The second-order valence-electron chi connectivity index (χ2n) is 5.34. The molecule has 1 amide bonds. The summed E-state index contributed by atoms with van der Waals surface area (Å²) in [7, 11) is 0. The summed E-state index contributed by atoms with van der Waals surface area (Å²) in [6, 6.07) is 17.1. The van der Waals surface area contributed by atoms with E-state index in [-0.39, 0.29) is 5.91 Å². The molecule has 2 aromatic rings. The van der Waals surface area contributed by atoms with Gasteiger partial charge in [0, 0.05) is 6.54 Å². The number of hydrogen-bond donors (Lipinski definition) is 1. The van der Waals surface area contributed by atoms with E-state index < -0.39 is 5.38 Å². The standard InChI is InChI=1S/C19H22ClNO2/c1-2-3-12-23-17-11-7-8-15(13-17)14-21-19(22)18(20)16-9-5-4-6-10-16/h4-11,13,18H,2-3,12,14H2,1H3,(H,21,22). The highest BCUT2D eigenvalue weighted by Crippen LogP contribution is 2.20. The van der Waals surface area contributed by atoms with E-state index in [1.807, 2.05) is 54.6 Å². The van der Waals surface area contributed by atoms with Crippen LogP contribution >= 0.6 is 11.6 Å². The van der Waals surface area contributed by atoms with Crippen LogP contribution in [0, 0.1) is 0 Å². The molecule has 2 rings (SSSR count). The summed E-state index contributed by atoms with van der Waals surface area (Å²) in [5.74, 6) is 0.630. The zero-order valence-electron chi connectivity index (χ0n) is 13.3. The van der Waals surface area contributed by atoms with Gasteiger partial charge in [0.15, 0.2) is 0 Å². The first-order valence-corrected chi connectivity index (χ1v) is 8.33. The first-order chi connectivity index (χ1) is 11.2. The molecule has 0 saturated heterocycles. The lowest BCUT2D eigenvalue weighted by molar-refractivity contribution is -0.121. The Morgan fingerprint density at radius 1 is 1.17 bits per heavy atom. The fourth-order valence-electron chi connectivity index (χ4n) is 2.13. The summed E-state index contributed by atoms with van der Waals surface area (Å²) in [6.07, 6.45) is 2.14. The van der Waals surface area contributed by atoms with E-state index in [2.05, 4.69) is 12.2 Å². The number of halogens is 1. The van der Waals surface area contributed by atoms with Crippen LogP contribution in [-0.2, 0) is 11.3 Å². The summed E-state index contributed by atoms with van der Waals surface area (Å²) >= 11 is 6.20. The minimum Gasteiger partial charge on any atom is -0.494 e. The Hall–Kier alpha value is -2.00. The van der Waals surface area contributed by atoms with Gasteiger partial charge < -0.3 is 10.1 Å². The molecule has 1 N–H and O–H groups in total. The summed E-state index contributed by atoms with van der Waals surface area (Å²) in [6.45, 7) is 3.27. The highest BCUT2D eigenvalue weighted by atomic mass is 35.5. The fourth-order valence-corrected chi connectivity index (χ4v) is 2.35. The van der Waals surface area contributed by atoms with Crippen molar-refractivity contribution in [1.29, 1.82) is 0 Å². The van der Waals surface area contributed by atoms with Crippen LogP contribution < -0.4 is 10.1 Å². The maximum absolute atomic E-state index is 12.1. The summed E-state index contributed by atoms with van der Waals surface area (Å²) in [5.41, 5.74) is 1.78. The van der Waals surface area contributed by atoms with Crippen molar-refractivity contribution in [3.8, 4) is 5.75 Å². The molecule has 0 aliphatic carbocycles. The maximum atomic E-state index is 12.1. The third-order valence-electron chi connectivity index (χ3n) is 3.45. The molecule has 4 heteroatoms. The van der Waals surface area contributed by atoms with Crippen LogP contribution in [0.25, 0.3) is 0 Å². The SMILES string of the molecule is CCCCOc1cccc(CNC(=O)C(Cl)c2ccccc2)c1. The van der Waals surface area contributed by atoms with Crippen molar-refractivity contribution in [2.24, 2.45) is 0 Å². The van der Waals surface area contributed by atoms with Crippen molar-refractivity contribution < 1.29 is 9.53 Å². The highest BCUT2D eigenvalue weighted by molar-refractivity contribution is 6.30. The maximum Gasteiger partial charge on any atom is 0.242 e. The molecule has 0 fully saturated rings. The molecule has 3 nitrogen and oxygen atoms in total. The Kier molecular flexibility index (Phi) is 6.95. The Morgan fingerprint density at radius 3 is 2.70 bits per heavy atom. The average Bonchev–Trinajstić information content (AvgIpc) is 2.60. The lowest BCUT2D eigenvalue weighted by Gasteiger charge is -2.12. The molecule has 0 heterocycles. The summed E-state index contributed by atoms with van der Waals surface area (Å²) < 4.78 is 5.67. The van der Waals surface area contributed by atoms with Crippen LogP contribution in [0.5, 0.6) is 5.75 Å². The number of carbonyl (C=O) groups is 1. The third kappa shape index (κ3) is 5.61. The molecule has 1 atom stereocenters. The van der Waals surface area contributed by atoms with Gasteiger partial charge in [0.25, 0.3) is 0 Å². The molecule has 0 spiro atoms. The molecule has 0 aromatic heterocycles. The zero-order valence-corrected chi connectivity index (χ0v) is 14.1. The van der Waals surface area contributed by atoms with E-state index in [0.717, 1.165) is 29.7 Å². The van der Waals surface area contributed by atoms with Crippen molar-refractivity contribution in [2.75, 3.05) is 6.61 Å². The van der Waals surface area contributed by atoms with E-state index in [9.17, 15) is 4.79 Å². The number of carbonyl (C=O) groups excluding carboxylic acids is 1. The van der Waals surface area contributed by atoms with Crippen LogP contribution in [0.2, 0.25) is 0 Å². The number of amides is 1. The number of ether oxygens (including phenoxy) is 1. The lowest BCUT2D eigenvalue weighted by Crippen LogP contribution is -2.26. The number of rotatable bonds is 8. The normalized spacial score (nSPS) is 11.7. The van der Waals surface area contributed by atoms with Gasteiger partial charge in [-0.3, -0.25) is 4.79 Å². The molecule has 0 aliphatic heterocycles. The molecular formula is C19H22ClNO2. The van der Waals surface area contributed by atoms with Crippen molar-refractivity contribution in [3.63, 3.8) is 0 Å². The van der Waals surface area contributed by atoms with E-state index in [4.69, 9.17) is 16.3 Å². The van der Waals surface area contributed by atoms with Gasteiger partial charge in [0.1, 0.15) is 11.1 Å². The Balaban J connectivity index is 1.87. The van der Waals surface area contributed by atoms with Gasteiger partial charge >= 0.3 is 0 Å². The van der Waals surface area contributed by atoms with Gasteiger partial charge in [-0.1, -0.05) is 55.8 Å². The van der Waals surface area contributed by atoms with Crippen molar-refractivity contribution >= 4 is 17.5 Å². The van der Waals surface area contributed by atoms with E-state index in [1.54, 1.807) is 0 Å². The number of nitrogens with one attached hydrogen (secondary N) is 1. The molecule has 2 aromatic carbocycles. The summed E-state index contributed by atoms with van der Waals surface area (Å²) in [4.78, 5) is 12.1. The third-order valence-corrected chi connectivity index (χ3v) is 3.90. The van der Waals surface area contributed by atoms with E-state index in [1.165, 1.54) is 0 Å². The van der Waals surface area contributed by atoms with Crippen molar-refractivity contribution in [1.82, 2.24) is 5.32 Å². The van der Waals surface area contributed by atoms with Gasteiger partial charge in [-0.25, -0.2) is 0 Å². The van der Waals surface area contributed by atoms with Gasteiger partial charge in [-0.15, -0.1) is 11.6 Å².